The zero-order chi connectivity index (χ0) is 15.9. The third-order valence-corrected chi connectivity index (χ3v) is 4.37. The van der Waals surface area contributed by atoms with Crippen LogP contribution < -0.4 is 5.32 Å². The smallest absolute Gasteiger partial charge is 0.234 e. The van der Waals surface area contributed by atoms with Gasteiger partial charge in [0.15, 0.2) is 0 Å². The molecule has 1 amide bonds. The highest BCUT2D eigenvalue weighted by atomic mass is 32.2. The quantitative estimate of drug-likeness (QED) is 0.855. The van der Waals surface area contributed by atoms with Crippen LogP contribution in [0, 0.1) is 13.8 Å². The summed E-state index contributed by atoms with van der Waals surface area (Å²) >= 11 is 1.58. The fourth-order valence-corrected chi connectivity index (χ4v) is 2.93. The van der Waals surface area contributed by atoms with E-state index in [1.807, 2.05) is 50.2 Å². The molecule has 0 aliphatic heterocycles. The maximum absolute atomic E-state index is 12.0. The second-order valence-corrected chi connectivity index (χ2v) is 6.32. The Bertz CT molecular complexity index is 638. The van der Waals surface area contributed by atoms with Crippen molar-refractivity contribution in [1.82, 2.24) is 0 Å². The number of benzene rings is 2. The number of thioether (sulfide) groups is 1. The van der Waals surface area contributed by atoms with Crippen molar-refractivity contribution in [3.8, 4) is 0 Å². The average molecular weight is 315 g/mol. The molecule has 0 bridgehead atoms. The molecule has 0 aromatic heterocycles. The van der Waals surface area contributed by atoms with Crippen molar-refractivity contribution in [2.45, 2.75) is 26.2 Å². The van der Waals surface area contributed by atoms with Gasteiger partial charge in [-0.05, 0) is 36.6 Å². The van der Waals surface area contributed by atoms with Crippen LogP contribution in [0.25, 0.3) is 0 Å². The van der Waals surface area contributed by atoms with E-state index in [0.29, 0.717) is 5.75 Å². The van der Waals surface area contributed by atoms with E-state index < -0.39 is 0 Å². The summed E-state index contributed by atoms with van der Waals surface area (Å²) in [6.07, 6.45) is 0. The van der Waals surface area contributed by atoms with Crippen LogP contribution in [0.3, 0.4) is 0 Å². The van der Waals surface area contributed by atoms with Crippen molar-refractivity contribution < 1.29 is 9.90 Å². The maximum Gasteiger partial charge on any atom is 0.234 e. The number of carbonyl (C=O) groups is 1. The summed E-state index contributed by atoms with van der Waals surface area (Å²) in [4.78, 5) is 12.0. The third kappa shape index (κ3) is 4.90. The molecule has 0 heterocycles. The average Bonchev–Trinajstić information content (AvgIpc) is 2.51. The molecule has 0 aliphatic carbocycles. The summed E-state index contributed by atoms with van der Waals surface area (Å²) in [5.74, 6) is 1.23. The molecule has 2 rings (SSSR count). The number of hydrogen-bond donors (Lipinski definition) is 2. The molecule has 0 spiro atoms. The van der Waals surface area contributed by atoms with Crippen molar-refractivity contribution >= 4 is 23.4 Å². The van der Waals surface area contributed by atoms with Crippen LogP contribution in [0.1, 0.15) is 22.3 Å². The number of carbonyl (C=O) groups excluding carboxylic acids is 1. The van der Waals surface area contributed by atoms with Gasteiger partial charge in [-0.15, -0.1) is 11.8 Å². The van der Waals surface area contributed by atoms with Gasteiger partial charge >= 0.3 is 0 Å². The van der Waals surface area contributed by atoms with E-state index in [9.17, 15) is 4.79 Å². The number of nitrogens with one attached hydrogen (secondary N) is 1. The van der Waals surface area contributed by atoms with Crippen LogP contribution in [-0.2, 0) is 17.2 Å². The number of aliphatic hydroxyl groups excluding tert-OH is 1. The number of amides is 1. The van der Waals surface area contributed by atoms with Crippen molar-refractivity contribution in [3.63, 3.8) is 0 Å². The lowest BCUT2D eigenvalue weighted by Crippen LogP contribution is -2.15. The molecule has 4 heteroatoms. The molecule has 2 aromatic carbocycles. The van der Waals surface area contributed by atoms with E-state index in [-0.39, 0.29) is 12.5 Å². The standard InChI is InChI=1S/C18H21NO2S/c1-13-3-8-17(14(2)9-13)19-18(21)12-22-11-16-6-4-15(10-20)5-7-16/h3-9,20H,10-12H2,1-2H3,(H,19,21). The van der Waals surface area contributed by atoms with Crippen LogP contribution >= 0.6 is 11.8 Å². The number of aliphatic hydroxyl groups is 1. The van der Waals surface area contributed by atoms with Gasteiger partial charge in [0, 0.05) is 11.4 Å². The summed E-state index contributed by atoms with van der Waals surface area (Å²) in [6, 6.07) is 13.8. The Labute approximate surface area is 135 Å². The molecular formula is C18H21NO2S. The maximum atomic E-state index is 12.0. The minimum absolute atomic E-state index is 0.0175. The highest BCUT2D eigenvalue weighted by molar-refractivity contribution is 7.99. The van der Waals surface area contributed by atoms with Crippen LogP contribution in [0.2, 0.25) is 0 Å². The Morgan fingerprint density at radius 2 is 1.77 bits per heavy atom. The van der Waals surface area contributed by atoms with Gasteiger partial charge in [0.05, 0.1) is 12.4 Å². The van der Waals surface area contributed by atoms with Crippen LogP contribution in [-0.4, -0.2) is 16.8 Å². The highest BCUT2D eigenvalue weighted by Crippen LogP contribution is 2.17. The van der Waals surface area contributed by atoms with Crippen LogP contribution in [0.4, 0.5) is 5.69 Å². The van der Waals surface area contributed by atoms with Gasteiger partial charge in [-0.3, -0.25) is 4.79 Å². The molecule has 116 valence electrons. The first-order valence-corrected chi connectivity index (χ1v) is 8.37. The van der Waals surface area contributed by atoms with E-state index in [4.69, 9.17) is 5.11 Å². The first kappa shape index (κ1) is 16.6. The van der Waals surface area contributed by atoms with Crippen molar-refractivity contribution in [1.29, 1.82) is 0 Å². The molecule has 0 aliphatic rings. The minimum Gasteiger partial charge on any atom is -0.392 e. The number of anilines is 1. The van der Waals surface area contributed by atoms with Gasteiger partial charge in [-0.2, -0.15) is 0 Å². The van der Waals surface area contributed by atoms with Gasteiger partial charge in [-0.25, -0.2) is 0 Å². The Hall–Kier alpha value is -1.78. The monoisotopic (exact) mass is 315 g/mol. The third-order valence-electron chi connectivity index (χ3n) is 3.36. The largest absolute Gasteiger partial charge is 0.392 e. The van der Waals surface area contributed by atoms with Gasteiger partial charge < -0.3 is 10.4 Å². The van der Waals surface area contributed by atoms with E-state index in [0.717, 1.165) is 28.1 Å². The molecule has 0 saturated carbocycles. The predicted octanol–water partition coefficient (Wildman–Crippen LogP) is 3.67. The molecule has 0 fully saturated rings. The van der Waals surface area contributed by atoms with Crippen LogP contribution in [0.5, 0.6) is 0 Å². The lowest BCUT2D eigenvalue weighted by Gasteiger charge is -2.09. The lowest BCUT2D eigenvalue weighted by molar-refractivity contribution is -0.113. The molecule has 2 N–H and O–H groups in total. The number of rotatable bonds is 6. The Morgan fingerprint density at radius 3 is 2.41 bits per heavy atom. The Balaban J connectivity index is 1.79. The first-order valence-electron chi connectivity index (χ1n) is 7.22. The fraction of sp³-hybridized carbons (Fsp3) is 0.278. The minimum atomic E-state index is 0.0175. The van der Waals surface area contributed by atoms with E-state index >= 15 is 0 Å². The summed E-state index contributed by atoms with van der Waals surface area (Å²) in [6.45, 7) is 4.10. The Morgan fingerprint density at radius 1 is 1.09 bits per heavy atom. The number of aryl methyl sites for hydroxylation is 2. The summed E-state index contributed by atoms with van der Waals surface area (Å²) < 4.78 is 0. The second kappa shape index (κ2) is 8.01. The Kier molecular flexibility index (Phi) is 6.04. The van der Waals surface area contributed by atoms with Crippen molar-refractivity contribution in [2.75, 3.05) is 11.1 Å². The van der Waals surface area contributed by atoms with E-state index in [2.05, 4.69) is 11.4 Å². The normalized spacial score (nSPS) is 10.5. The fourth-order valence-electron chi connectivity index (χ4n) is 2.14. The summed E-state index contributed by atoms with van der Waals surface area (Å²) in [5.41, 5.74) is 5.21. The topological polar surface area (TPSA) is 49.3 Å². The van der Waals surface area contributed by atoms with Gasteiger partial charge in [0.25, 0.3) is 0 Å². The predicted molar refractivity (Wildman–Crippen MR) is 93.1 cm³/mol. The van der Waals surface area contributed by atoms with Crippen LogP contribution in [0.15, 0.2) is 42.5 Å². The van der Waals surface area contributed by atoms with Gasteiger partial charge in [0.1, 0.15) is 0 Å². The zero-order valence-corrected chi connectivity index (χ0v) is 13.7. The molecule has 0 saturated heterocycles. The van der Waals surface area contributed by atoms with E-state index in [1.165, 1.54) is 5.56 Å². The van der Waals surface area contributed by atoms with Gasteiger partial charge in [0.2, 0.25) is 5.91 Å². The highest BCUT2D eigenvalue weighted by Gasteiger charge is 2.05. The molecular weight excluding hydrogens is 294 g/mol. The molecule has 22 heavy (non-hydrogen) atoms. The SMILES string of the molecule is Cc1ccc(NC(=O)CSCc2ccc(CO)cc2)c(C)c1. The summed E-state index contributed by atoms with van der Waals surface area (Å²) in [7, 11) is 0. The lowest BCUT2D eigenvalue weighted by atomic mass is 10.1. The van der Waals surface area contributed by atoms with Crippen molar-refractivity contribution in [3.05, 3.63) is 64.7 Å². The van der Waals surface area contributed by atoms with Crippen molar-refractivity contribution in [2.24, 2.45) is 0 Å². The molecule has 2 aromatic rings. The number of hydrogen-bond acceptors (Lipinski definition) is 3. The summed E-state index contributed by atoms with van der Waals surface area (Å²) in [5, 5.41) is 11.9. The molecule has 0 radical (unpaired) electrons. The molecule has 3 nitrogen and oxygen atoms in total. The zero-order valence-electron chi connectivity index (χ0n) is 12.9. The van der Waals surface area contributed by atoms with E-state index in [1.54, 1.807) is 11.8 Å². The molecule has 0 unspecified atom stereocenters. The second-order valence-electron chi connectivity index (χ2n) is 5.33. The molecule has 0 atom stereocenters. The van der Waals surface area contributed by atoms with Gasteiger partial charge in [-0.1, -0.05) is 42.0 Å². The first-order chi connectivity index (χ1) is 10.6.